The SMILES string of the molecule is O=C(NC1(C(=O)NC2CCN(c3ccc(Cl)cc3F)CC2=O)CCCCC1)c1cc2ccccc2s1. The van der Waals surface area contributed by atoms with Gasteiger partial charge in [0.05, 0.1) is 23.2 Å². The van der Waals surface area contributed by atoms with Gasteiger partial charge in [0.1, 0.15) is 11.4 Å². The van der Waals surface area contributed by atoms with Gasteiger partial charge in [-0.25, -0.2) is 4.39 Å². The zero-order valence-corrected chi connectivity index (χ0v) is 21.3. The highest BCUT2D eigenvalue weighted by Crippen LogP contribution is 2.32. The number of hydrogen-bond acceptors (Lipinski definition) is 5. The molecule has 0 spiro atoms. The molecule has 2 aromatic carbocycles. The molecule has 1 saturated heterocycles. The second-order valence-electron chi connectivity index (χ2n) is 9.54. The number of benzene rings is 2. The number of ketones is 1. The van der Waals surface area contributed by atoms with Gasteiger partial charge in [-0.05, 0) is 55.0 Å². The molecule has 1 aromatic heterocycles. The van der Waals surface area contributed by atoms with Crippen molar-refractivity contribution in [3.05, 3.63) is 64.2 Å². The zero-order valence-electron chi connectivity index (χ0n) is 19.7. The maximum atomic E-state index is 14.3. The van der Waals surface area contributed by atoms with Crippen LogP contribution in [-0.2, 0) is 9.59 Å². The third-order valence-electron chi connectivity index (χ3n) is 7.12. The van der Waals surface area contributed by atoms with Gasteiger partial charge in [-0.1, -0.05) is 49.1 Å². The average Bonchev–Trinajstić information content (AvgIpc) is 3.31. The van der Waals surface area contributed by atoms with E-state index in [0.29, 0.717) is 41.4 Å². The molecule has 1 unspecified atom stereocenters. The molecule has 2 aliphatic rings. The number of carbonyl (C=O) groups is 3. The lowest BCUT2D eigenvalue weighted by atomic mass is 9.80. The second-order valence-corrected chi connectivity index (χ2v) is 11.1. The lowest BCUT2D eigenvalue weighted by Gasteiger charge is -2.39. The van der Waals surface area contributed by atoms with E-state index in [1.807, 2.05) is 30.3 Å². The first-order valence-electron chi connectivity index (χ1n) is 12.2. The number of carbonyl (C=O) groups excluding carboxylic acids is 3. The fraction of sp³-hybridized carbons (Fsp3) is 0.370. The molecule has 188 valence electrons. The number of halogens is 2. The first-order valence-corrected chi connectivity index (χ1v) is 13.4. The standard InChI is InChI=1S/C27H27ClFN3O3S/c28-18-8-9-21(19(29)15-18)32-13-10-20(22(33)16-32)30-26(35)27(11-4-1-5-12-27)31-25(34)24-14-17-6-2-3-7-23(17)36-24/h2-3,6-9,14-15,20H,1,4-5,10-13,16H2,(H,30,35)(H,31,34). The highest BCUT2D eigenvalue weighted by molar-refractivity contribution is 7.20. The molecule has 5 rings (SSSR count). The van der Waals surface area contributed by atoms with Crippen LogP contribution >= 0.6 is 22.9 Å². The van der Waals surface area contributed by atoms with Gasteiger partial charge in [-0.2, -0.15) is 0 Å². The second kappa shape index (κ2) is 10.2. The molecule has 1 aliphatic carbocycles. The Morgan fingerprint density at radius 2 is 1.86 bits per heavy atom. The van der Waals surface area contributed by atoms with Crippen molar-refractivity contribution in [3.8, 4) is 0 Å². The summed E-state index contributed by atoms with van der Waals surface area (Å²) in [5.74, 6) is -1.26. The molecule has 36 heavy (non-hydrogen) atoms. The predicted octanol–water partition coefficient (Wildman–Crippen LogP) is 5.09. The summed E-state index contributed by atoms with van der Waals surface area (Å²) in [7, 11) is 0. The molecule has 9 heteroatoms. The number of thiophene rings is 1. The van der Waals surface area contributed by atoms with Crippen LogP contribution in [0.2, 0.25) is 5.02 Å². The van der Waals surface area contributed by atoms with Gasteiger partial charge >= 0.3 is 0 Å². The Labute approximate surface area is 217 Å². The Morgan fingerprint density at radius 1 is 1.08 bits per heavy atom. The molecule has 2 fully saturated rings. The average molecular weight is 528 g/mol. The summed E-state index contributed by atoms with van der Waals surface area (Å²) in [5.41, 5.74) is -0.734. The van der Waals surface area contributed by atoms with Crippen LogP contribution in [0, 0.1) is 5.82 Å². The summed E-state index contributed by atoms with van der Waals surface area (Å²) in [5, 5.41) is 7.24. The molecule has 1 saturated carbocycles. The van der Waals surface area contributed by atoms with Crippen molar-refractivity contribution in [3.63, 3.8) is 0 Å². The van der Waals surface area contributed by atoms with Gasteiger partial charge in [0.15, 0.2) is 5.78 Å². The topological polar surface area (TPSA) is 78.5 Å². The van der Waals surface area contributed by atoms with Crippen LogP contribution in [0.15, 0.2) is 48.5 Å². The molecule has 0 radical (unpaired) electrons. The van der Waals surface area contributed by atoms with Crippen LogP contribution in [0.25, 0.3) is 10.1 Å². The molecule has 6 nitrogen and oxygen atoms in total. The van der Waals surface area contributed by atoms with Crippen LogP contribution in [0.1, 0.15) is 48.2 Å². The minimum absolute atomic E-state index is 0.00928. The Bertz CT molecular complexity index is 1290. The number of anilines is 1. The Kier molecular flexibility index (Phi) is 6.99. The molecule has 2 N–H and O–H groups in total. The smallest absolute Gasteiger partial charge is 0.262 e. The summed E-state index contributed by atoms with van der Waals surface area (Å²) in [6.45, 7) is 0.404. The third kappa shape index (κ3) is 4.97. The van der Waals surface area contributed by atoms with Crippen LogP contribution < -0.4 is 15.5 Å². The Morgan fingerprint density at radius 3 is 2.58 bits per heavy atom. The first-order chi connectivity index (χ1) is 17.3. The summed E-state index contributed by atoms with van der Waals surface area (Å²) in [6.07, 6.45) is 4.05. The predicted molar refractivity (Wildman–Crippen MR) is 140 cm³/mol. The van der Waals surface area contributed by atoms with E-state index < -0.39 is 17.4 Å². The molecule has 0 bridgehead atoms. The maximum absolute atomic E-state index is 14.3. The summed E-state index contributed by atoms with van der Waals surface area (Å²) < 4.78 is 15.4. The number of amides is 2. The Balaban J connectivity index is 1.28. The van der Waals surface area contributed by atoms with Crippen molar-refractivity contribution in [2.45, 2.75) is 50.1 Å². The number of rotatable bonds is 5. The van der Waals surface area contributed by atoms with Crippen molar-refractivity contribution < 1.29 is 18.8 Å². The lowest BCUT2D eigenvalue weighted by Crippen LogP contribution is -2.63. The molecule has 1 atom stereocenters. The third-order valence-corrected chi connectivity index (χ3v) is 8.47. The molecular formula is C27H27ClFN3O3S. The van der Waals surface area contributed by atoms with E-state index in [0.717, 1.165) is 29.3 Å². The minimum Gasteiger partial charge on any atom is -0.362 e. The normalized spacial score (nSPS) is 19.8. The summed E-state index contributed by atoms with van der Waals surface area (Å²) >= 11 is 7.24. The fourth-order valence-corrected chi connectivity index (χ4v) is 6.27. The van der Waals surface area contributed by atoms with Crippen LogP contribution in [0.5, 0.6) is 0 Å². The van der Waals surface area contributed by atoms with Crippen LogP contribution in [0.3, 0.4) is 0 Å². The van der Waals surface area contributed by atoms with E-state index in [2.05, 4.69) is 10.6 Å². The number of Topliss-reactive ketones (excluding diaryl/α,β-unsaturated/α-hetero) is 1. The Hall–Kier alpha value is -2.97. The van der Waals surface area contributed by atoms with E-state index in [9.17, 15) is 18.8 Å². The van der Waals surface area contributed by atoms with Gasteiger partial charge in [0.2, 0.25) is 5.91 Å². The highest BCUT2D eigenvalue weighted by atomic mass is 35.5. The number of piperidine rings is 1. The van der Waals surface area contributed by atoms with Gasteiger partial charge in [-0.3, -0.25) is 14.4 Å². The van der Waals surface area contributed by atoms with Gasteiger partial charge < -0.3 is 15.5 Å². The number of fused-ring (bicyclic) bond motifs is 1. The largest absolute Gasteiger partial charge is 0.362 e. The van der Waals surface area contributed by atoms with Gasteiger partial charge in [0.25, 0.3) is 5.91 Å². The minimum atomic E-state index is -1.05. The van der Waals surface area contributed by atoms with Crippen molar-refractivity contribution in [2.75, 3.05) is 18.0 Å². The van der Waals surface area contributed by atoms with Crippen molar-refractivity contribution in [2.24, 2.45) is 0 Å². The monoisotopic (exact) mass is 527 g/mol. The van der Waals surface area contributed by atoms with Crippen molar-refractivity contribution >= 4 is 56.3 Å². The van der Waals surface area contributed by atoms with Gasteiger partial charge in [0, 0.05) is 16.3 Å². The summed E-state index contributed by atoms with van der Waals surface area (Å²) in [4.78, 5) is 41.9. The van der Waals surface area contributed by atoms with E-state index in [1.165, 1.54) is 17.4 Å². The quantitative estimate of drug-likeness (QED) is 0.484. The van der Waals surface area contributed by atoms with Crippen molar-refractivity contribution in [1.29, 1.82) is 0 Å². The van der Waals surface area contributed by atoms with Crippen LogP contribution in [-0.4, -0.2) is 42.3 Å². The van der Waals surface area contributed by atoms with E-state index in [-0.39, 0.29) is 24.1 Å². The summed E-state index contributed by atoms with van der Waals surface area (Å²) in [6, 6.07) is 13.3. The number of nitrogens with one attached hydrogen (secondary N) is 2. The van der Waals surface area contributed by atoms with Crippen molar-refractivity contribution in [1.82, 2.24) is 10.6 Å². The number of hydrogen-bond donors (Lipinski definition) is 2. The number of nitrogens with zero attached hydrogens (tertiary/aromatic N) is 1. The lowest BCUT2D eigenvalue weighted by molar-refractivity contribution is -0.133. The van der Waals surface area contributed by atoms with E-state index in [4.69, 9.17) is 11.6 Å². The molecule has 1 aliphatic heterocycles. The highest BCUT2D eigenvalue weighted by Gasteiger charge is 2.43. The fourth-order valence-electron chi connectivity index (χ4n) is 5.15. The molecular weight excluding hydrogens is 501 g/mol. The van der Waals surface area contributed by atoms with Crippen LogP contribution in [0.4, 0.5) is 10.1 Å². The maximum Gasteiger partial charge on any atom is 0.262 e. The molecule has 2 amide bonds. The van der Waals surface area contributed by atoms with Gasteiger partial charge in [-0.15, -0.1) is 11.3 Å². The molecule has 2 heterocycles. The molecule has 3 aromatic rings. The van der Waals surface area contributed by atoms with E-state index >= 15 is 0 Å². The first kappa shape index (κ1) is 24.7. The zero-order chi connectivity index (χ0) is 25.3. The van der Waals surface area contributed by atoms with E-state index in [1.54, 1.807) is 17.0 Å².